The third-order valence-electron chi connectivity index (χ3n) is 5.47. The Morgan fingerprint density at radius 3 is 2.56 bits per heavy atom. The average molecular weight is 502 g/mol. The van der Waals surface area contributed by atoms with Crippen LogP contribution in [0.4, 0.5) is 11.5 Å². The molecule has 0 radical (unpaired) electrons. The van der Waals surface area contributed by atoms with E-state index in [9.17, 15) is 4.79 Å². The van der Waals surface area contributed by atoms with Crippen LogP contribution in [0.3, 0.4) is 0 Å². The number of anilines is 2. The number of nitrogens with zero attached hydrogens (tertiary/aromatic N) is 5. The first-order valence-electron chi connectivity index (χ1n) is 12.1. The summed E-state index contributed by atoms with van der Waals surface area (Å²) in [7, 11) is 4.02. The van der Waals surface area contributed by atoms with Crippen molar-refractivity contribution in [3.05, 3.63) is 71.4 Å². The van der Waals surface area contributed by atoms with Crippen LogP contribution in [-0.2, 0) is 6.42 Å². The molecule has 9 heteroatoms. The van der Waals surface area contributed by atoms with Gasteiger partial charge < -0.3 is 15.5 Å². The van der Waals surface area contributed by atoms with Crippen molar-refractivity contribution in [2.45, 2.75) is 26.2 Å². The van der Waals surface area contributed by atoms with E-state index in [0.29, 0.717) is 23.9 Å². The molecule has 1 amide bonds. The number of carbonyl (C=O) groups excluding carboxylic acids is 1. The lowest BCUT2D eigenvalue weighted by atomic mass is 10.1. The van der Waals surface area contributed by atoms with Crippen LogP contribution in [0.15, 0.2) is 60.7 Å². The van der Waals surface area contributed by atoms with Crippen molar-refractivity contribution in [2.75, 3.05) is 37.8 Å². The maximum Gasteiger partial charge on any atom is 0.274 e. The molecule has 186 valence electrons. The van der Waals surface area contributed by atoms with Crippen molar-refractivity contribution in [3.8, 4) is 22.0 Å². The van der Waals surface area contributed by atoms with E-state index in [2.05, 4.69) is 42.6 Å². The Balaban J connectivity index is 1.60. The molecule has 0 atom stereocenters. The number of nitrogens with one attached hydrogen (secondary N) is 2. The van der Waals surface area contributed by atoms with Gasteiger partial charge in [-0.15, -0.1) is 10.2 Å². The predicted molar refractivity (Wildman–Crippen MR) is 146 cm³/mol. The van der Waals surface area contributed by atoms with Crippen LogP contribution in [0.2, 0.25) is 0 Å². The van der Waals surface area contributed by atoms with Crippen molar-refractivity contribution in [1.29, 1.82) is 0 Å². The fraction of sp³-hybridized carbons (Fsp3) is 0.296. The third-order valence-corrected chi connectivity index (χ3v) is 6.49. The highest BCUT2D eigenvalue weighted by atomic mass is 32.1. The van der Waals surface area contributed by atoms with Crippen molar-refractivity contribution < 1.29 is 4.79 Å². The number of para-hydroxylation sites is 1. The lowest BCUT2D eigenvalue weighted by Gasteiger charge is -2.13. The number of rotatable bonds is 11. The van der Waals surface area contributed by atoms with E-state index < -0.39 is 0 Å². The number of hydrogen-bond acceptors (Lipinski definition) is 8. The molecule has 4 rings (SSSR count). The fourth-order valence-electron chi connectivity index (χ4n) is 3.53. The Bertz CT molecular complexity index is 1290. The predicted octanol–water partition coefficient (Wildman–Crippen LogP) is 5.23. The molecule has 0 unspecified atom stereocenters. The van der Waals surface area contributed by atoms with Gasteiger partial charge in [-0.1, -0.05) is 67.1 Å². The molecular weight excluding hydrogens is 470 g/mol. The zero-order valence-electron chi connectivity index (χ0n) is 20.9. The molecule has 0 fully saturated rings. The second-order valence-corrected chi connectivity index (χ2v) is 9.72. The van der Waals surface area contributed by atoms with Gasteiger partial charge in [0.1, 0.15) is 21.5 Å². The van der Waals surface area contributed by atoms with Gasteiger partial charge in [-0.25, -0.2) is 9.97 Å². The minimum absolute atomic E-state index is 0.284. The van der Waals surface area contributed by atoms with Crippen LogP contribution < -0.4 is 10.6 Å². The Hall–Kier alpha value is -3.69. The third kappa shape index (κ3) is 6.71. The highest BCUT2D eigenvalue weighted by Crippen LogP contribution is 2.31. The summed E-state index contributed by atoms with van der Waals surface area (Å²) in [5.41, 5.74) is 2.64. The fourth-order valence-corrected chi connectivity index (χ4v) is 4.46. The number of benzene rings is 2. The molecule has 2 heterocycles. The highest BCUT2D eigenvalue weighted by Gasteiger charge is 2.17. The molecule has 2 N–H and O–H groups in total. The van der Waals surface area contributed by atoms with Gasteiger partial charge in [0, 0.05) is 36.7 Å². The summed E-state index contributed by atoms with van der Waals surface area (Å²) >= 11 is 1.56. The first kappa shape index (κ1) is 25.4. The second-order valence-electron chi connectivity index (χ2n) is 8.66. The minimum atomic E-state index is -0.312. The minimum Gasteiger partial charge on any atom is -0.369 e. The Labute approximate surface area is 215 Å². The standard InChI is InChI=1S/C27H31N7OS/c1-4-5-15-24-32-33-27(36-24)20-13-9-10-14-21(20)30-26(35)22-18-23(28-16-17-34(2)3)31-25(29-22)19-11-7-6-8-12-19/h6-14,18H,4-5,15-17H2,1-3H3,(H,30,35)(H,28,29,31). The number of carbonyl (C=O) groups is 1. The number of hydrogen-bond donors (Lipinski definition) is 2. The van der Waals surface area contributed by atoms with Crippen LogP contribution in [0.5, 0.6) is 0 Å². The number of amides is 1. The quantitative estimate of drug-likeness (QED) is 0.290. The molecule has 8 nitrogen and oxygen atoms in total. The summed E-state index contributed by atoms with van der Waals surface area (Å²) in [4.78, 5) is 24.7. The summed E-state index contributed by atoms with van der Waals surface area (Å²) in [5.74, 6) is 0.788. The van der Waals surface area contributed by atoms with Crippen LogP contribution in [0.25, 0.3) is 22.0 Å². The lowest BCUT2D eigenvalue weighted by Crippen LogP contribution is -2.22. The van der Waals surface area contributed by atoms with E-state index in [1.807, 2.05) is 68.7 Å². The maximum absolute atomic E-state index is 13.4. The monoisotopic (exact) mass is 501 g/mol. The van der Waals surface area contributed by atoms with Gasteiger partial charge in [-0.3, -0.25) is 4.79 Å². The van der Waals surface area contributed by atoms with Gasteiger partial charge in [0.05, 0.1) is 5.69 Å². The molecule has 2 aromatic heterocycles. The van der Waals surface area contributed by atoms with Gasteiger partial charge in [-0.2, -0.15) is 0 Å². The van der Waals surface area contributed by atoms with Gasteiger partial charge in [0.25, 0.3) is 5.91 Å². The van der Waals surface area contributed by atoms with Crippen molar-refractivity contribution >= 4 is 28.7 Å². The van der Waals surface area contributed by atoms with E-state index >= 15 is 0 Å². The summed E-state index contributed by atoms with van der Waals surface area (Å²) in [6, 6.07) is 19.0. The van der Waals surface area contributed by atoms with E-state index in [0.717, 1.165) is 46.9 Å². The van der Waals surface area contributed by atoms with Gasteiger partial charge >= 0.3 is 0 Å². The van der Waals surface area contributed by atoms with Crippen LogP contribution in [0.1, 0.15) is 35.3 Å². The molecule has 0 saturated heterocycles. The molecule has 0 aliphatic rings. The largest absolute Gasteiger partial charge is 0.369 e. The van der Waals surface area contributed by atoms with Gasteiger partial charge in [-0.05, 0) is 32.6 Å². The molecule has 0 bridgehead atoms. The van der Waals surface area contributed by atoms with Crippen molar-refractivity contribution in [3.63, 3.8) is 0 Å². The average Bonchev–Trinajstić information content (AvgIpc) is 3.36. The van der Waals surface area contributed by atoms with Crippen LogP contribution >= 0.6 is 11.3 Å². The zero-order chi connectivity index (χ0) is 25.3. The molecule has 0 spiro atoms. The normalized spacial score (nSPS) is 11.0. The van der Waals surface area contributed by atoms with Crippen molar-refractivity contribution in [1.82, 2.24) is 25.1 Å². The molecular formula is C27H31N7OS. The Morgan fingerprint density at radius 1 is 1.00 bits per heavy atom. The summed E-state index contributed by atoms with van der Waals surface area (Å²) in [5, 5.41) is 16.8. The number of unbranched alkanes of at least 4 members (excludes halogenated alkanes) is 1. The summed E-state index contributed by atoms with van der Waals surface area (Å²) in [6.45, 7) is 3.69. The van der Waals surface area contributed by atoms with E-state index in [4.69, 9.17) is 0 Å². The zero-order valence-corrected chi connectivity index (χ0v) is 21.7. The lowest BCUT2D eigenvalue weighted by molar-refractivity contribution is 0.102. The maximum atomic E-state index is 13.4. The molecule has 2 aromatic carbocycles. The summed E-state index contributed by atoms with van der Waals surface area (Å²) in [6.07, 6.45) is 3.10. The molecule has 0 saturated carbocycles. The molecule has 0 aliphatic carbocycles. The van der Waals surface area contributed by atoms with Crippen LogP contribution in [-0.4, -0.2) is 58.2 Å². The second kappa shape index (κ2) is 12.3. The Morgan fingerprint density at radius 2 is 1.78 bits per heavy atom. The molecule has 36 heavy (non-hydrogen) atoms. The SMILES string of the molecule is CCCCc1nnc(-c2ccccc2NC(=O)c2cc(NCCN(C)C)nc(-c3ccccc3)n2)s1. The van der Waals surface area contributed by atoms with E-state index in [-0.39, 0.29) is 11.6 Å². The topological polar surface area (TPSA) is 95.9 Å². The van der Waals surface area contributed by atoms with Crippen LogP contribution in [0, 0.1) is 0 Å². The van der Waals surface area contributed by atoms with Gasteiger partial charge in [0.2, 0.25) is 0 Å². The number of likely N-dealkylation sites (N-methyl/N-ethyl adjacent to an activating group) is 1. The first-order chi connectivity index (χ1) is 17.5. The van der Waals surface area contributed by atoms with E-state index in [1.165, 1.54) is 0 Å². The van der Waals surface area contributed by atoms with Gasteiger partial charge in [0.15, 0.2) is 5.82 Å². The summed E-state index contributed by atoms with van der Waals surface area (Å²) < 4.78 is 0. The number of aryl methyl sites for hydroxylation is 1. The molecule has 4 aromatic rings. The number of aromatic nitrogens is 4. The highest BCUT2D eigenvalue weighted by molar-refractivity contribution is 7.14. The molecule has 0 aliphatic heterocycles. The van der Waals surface area contributed by atoms with E-state index in [1.54, 1.807) is 17.4 Å². The van der Waals surface area contributed by atoms with Crippen molar-refractivity contribution in [2.24, 2.45) is 0 Å². The Kier molecular flexibility index (Phi) is 8.70. The smallest absolute Gasteiger partial charge is 0.274 e. The first-order valence-corrected chi connectivity index (χ1v) is 12.9.